The minimum absolute atomic E-state index is 0.0252. The number of benzene rings is 7. The van der Waals surface area contributed by atoms with Crippen LogP contribution in [0.3, 0.4) is 0 Å². The SMILES string of the molecule is C[C@@H]1C(n2c3ccc4cccc5c4c3c3c(cc4ccccc4c32)-c2ccccc2-5)=NC(c2ccccc2)=NC1c1ccccc1. The first kappa shape index (κ1) is 25.5. The predicted molar refractivity (Wildman–Crippen MR) is 193 cm³/mol. The van der Waals surface area contributed by atoms with Gasteiger partial charge >= 0.3 is 0 Å². The zero-order valence-electron chi connectivity index (χ0n) is 25.4. The van der Waals surface area contributed by atoms with Gasteiger partial charge in [-0.25, -0.2) is 4.99 Å². The van der Waals surface area contributed by atoms with Crippen LogP contribution < -0.4 is 0 Å². The third kappa shape index (κ3) is 3.48. The van der Waals surface area contributed by atoms with Gasteiger partial charge in [-0.3, -0.25) is 9.56 Å². The number of fused-ring (bicyclic) bond motifs is 5. The quantitative estimate of drug-likeness (QED) is 0.193. The summed E-state index contributed by atoms with van der Waals surface area (Å²) < 4.78 is 2.48. The molecule has 0 fully saturated rings. The Kier molecular flexibility index (Phi) is 5.32. The van der Waals surface area contributed by atoms with Crippen LogP contribution in [-0.4, -0.2) is 16.2 Å². The molecule has 3 heteroatoms. The molecule has 0 amide bonds. The number of aromatic nitrogens is 1. The second kappa shape index (κ2) is 9.60. The summed E-state index contributed by atoms with van der Waals surface area (Å²) in [7, 11) is 0. The highest BCUT2D eigenvalue weighted by Crippen LogP contribution is 2.51. The van der Waals surface area contributed by atoms with E-state index >= 15 is 0 Å². The van der Waals surface area contributed by atoms with Crippen molar-refractivity contribution in [2.24, 2.45) is 15.9 Å². The van der Waals surface area contributed by atoms with E-state index < -0.39 is 0 Å². The van der Waals surface area contributed by atoms with Gasteiger partial charge in [0.2, 0.25) is 0 Å². The largest absolute Gasteiger partial charge is 0.296 e. The van der Waals surface area contributed by atoms with Gasteiger partial charge in [0.15, 0.2) is 5.84 Å². The lowest BCUT2D eigenvalue weighted by atomic mass is 9.91. The van der Waals surface area contributed by atoms with E-state index in [1.54, 1.807) is 0 Å². The Morgan fingerprint density at radius 1 is 0.543 bits per heavy atom. The monoisotopic (exact) mass is 587 g/mol. The molecule has 0 saturated carbocycles. The van der Waals surface area contributed by atoms with Crippen molar-refractivity contribution in [1.29, 1.82) is 0 Å². The van der Waals surface area contributed by atoms with Gasteiger partial charge < -0.3 is 0 Å². The lowest BCUT2D eigenvalue weighted by Gasteiger charge is -2.29. The minimum Gasteiger partial charge on any atom is -0.296 e. The number of nitrogens with zero attached hydrogens (tertiary/aromatic N) is 3. The van der Waals surface area contributed by atoms with E-state index in [1.165, 1.54) is 71.2 Å². The van der Waals surface area contributed by atoms with Crippen molar-refractivity contribution in [2.75, 3.05) is 0 Å². The highest BCUT2D eigenvalue weighted by Gasteiger charge is 2.34. The summed E-state index contributed by atoms with van der Waals surface area (Å²) in [5, 5.41) is 7.63. The van der Waals surface area contributed by atoms with E-state index in [2.05, 4.69) is 157 Å². The number of hydrogen-bond acceptors (Lipinski definition) is 2. The summed E-state index contributed by atoms with van der Waals surface area (Å²) in [6.45, 7) is 2.29. The van der Waals surface area contributed by atoms with Crippen molar-refractivity contribution in [3.05, 3.63) is 157 Å². The van der Waals surface area contributed by atoms with Crippen LogP contribution in [0.25, 0.3) is 65.6 Å². The second-order valence-corrected chi connectivity index (χ2v) is 12.5. The third-order valence-corrected chi connectivity index (χ3v) is 10.0. The first-order chi connectivity index (χ1) is 22.8. The van der Waals surface area contributed by atoms with Crippen LogP contribution in [0.1, 0.15) is 24.1 Å². The molecular weight excluding hydrogens is 558 g/mol. The van der Waals surface area contributed by atoms with Crippen LogP contribution in [-0.2, 0) is 0 Å². The average molecular weight is 588 g/mol. The fourth-order valence-electron chi connectivity index (χ4n) is 7.99. The molecule has 0 bridgehead atoms. The topological polar surface area (TPSA) is 29.6 Å². The summed E-state index contributed by atoms with van der Waals surface area (Å²) in [5.41, 5.74) is 9.75. The van der Waals surface area contributed by atoms with Gasteiger partial charge in [-0.1, -0.05) is 140 Å². The molecule has 10 rings (SSSR count). The lowest BCUT2D eigenvalue weighted by Crippen LogP contribution is -2.30. The molecular formula is C43H29N3. The van der Waals surface area contributed by atoms with Crippen molar-refractivity contribution in [3.63, 3.8) is 0 Å². The normalized spacial score (nSPS) is 17.1. The first-order valence-electron chi connectivity index (χ1n) is 16.0. The molecule has 1 aliphatic carbocycles. The standard InChI is InChI=1S/C43H29N3/c1-26-40(28-13-4-2-5-14-28)44-42(29-15-6-3-7-16-29)45-43(26)46-36-24-23-27-18-12-22-34-32-20-10-11-21-33(32)35-25-30-17-8-9-19-31(30)41(46)38(35)39(36)37(27)34/h2-26,40H,1H3/t26-,40?/m0/s1. The van der Waals surface area contributed by atoms with Gasteiger partial charge in [0.05, 0.1) is 17.1 Å². The zero-order chi connectivity index (χ0) is 30.4. The summed E-state index contributed by atoms with van der Waals surface area (Å²) in [5.74, 6) is 1.82. The second-order valence-electron chi connectivity index (χ2n) is 12.5. The van der Waals surface area contributed by atoms with E-state index in [0.29, 0.717) is 0 Å². The molecule has 0 spiro atoms. The molecule has 2 heterocycles. The molecule has 1 aliphatic heterocycles. The highest BCUT2D eigenvalue weighted by atomic mass is 15.1. The smallest absolute Gasteiger partial charge is 0.157 e. The molecule has 1 unspecified atom stereocenters. The van der Waals surface area contributed by atoms with Gasteiger partial charge in [0.25, 0.3) is 0 Å². The van der Waals surface area contributed by atoms with E-state index in [1.807, 2.05) is 0 Å². The Morgan fingerprint density at radius 3 is 2.04 bits per heavy atom. The van der Waals surface area contributed by atoms with Crippen LogP contribution in [0.15, 0.2) is 156 Å². The van der Waals surface area contributed by atoms with Crippen molar-refractivity contribution in [2.45, 2.75) is 13.0 Å². The molecule has 7 aromatic carbocycles. The zero-order valence-corrected chi connectivity index (χ0v) is 25.4. The van der Waals surface area contributed by atoms with E-state index in [9.17, 15) is 0 Å². The van der Waals surface area contributed by atoms with E-state index in [4.69, 9.17) is 9.98 Å². The Hall–Kier alpha value is -5.80. The lowest BCUT2D eigenvalue weighted by molar-refractivity contribution is 0.580. The molecule has 0 N–H and O–H groups in total. The maximum Gasteiger partial charge on any atom is 0.157 e. The van der Waals surface area contributed by atoms with Crippen molar-refractivity contribution < 1.29 is 0 Å². The van der Waals surface area contributed by atoms with Crippen LogP contribution in [0, 0.1) is 5.92 Å². The molecule has 2 atom stereocenters. The number of rotatable bonds is 2. The van der Waals surface area contributed by atoms with Gasteiger partial charge in [0.1, 0.15) is 5.84 Å². The molecule has 216 valence electrons. The summed E-state index contributed by atoms with van der Waals surface area (Å²) in [4.78, 5) is 10.8. The molecule has 3 nitrogen and oxygen atoms in total. The van der Waals surface area contributed by atoms with Crippen molar-refractivity contribution in [3.8, 4) is 22.3 Å². The van der Waals surface area contributed by atoms with Gasteiger partial charge in [-0.2, -0.15) is 0 Å². The molecule has 0 radical (unpaired) electrons. The van der Waals surface area contributed by atoms with Crippen molar-refractivity contribution >= 4 is 55.0 Å². The Bertz CT molecular complexity index is 2590. The predicted octanol–water partition coefficient (Wildman–Crippen LogP) is 10.8. The first-order valence-corrected chi connectivity index (χ1v) is 16.0. The molecule has 1 aromatic heterocycles. The van der Waals surface area contributed by atoms with Crippen LogP contribution >= 0.6 is 0 Å². The maximum atomic E-state index is 5.48. The number of aliphatic imine (C=N–C) groups is 2. The number of hydrogen-bond donors (Lipinski definition) is 0. The summed E-state index contributed by atoms with van der Waals surface area (Å²) in [6.07, 6.45) is 0. The van der Waals surface area contributed by atoms with Gasteiger partial charge in [-0.15, -0.1) is 0 Å². The fourth-order valence-corrected chi connectivity index (χ4v) is 7.99. The maximum absolute atomic E-state index is 5.48. The van der Waals surface area contributed by atoms with Crippen LogP contribution in [0.4, 0.5) is 0 Å². The van der Waals surface area contributed by atoms with Gasteiger partial charge in [-0.05, 0) is 56.1 Å². The molecule has 0 saturated heterocycles. The Labute approximate surface area is 266 Å². The fraction of sp³-hybridized carbons (Fsp3) is 0.0698. The van der Waals surface area contributed by atoms with Crippen molar-refractivity contribution in [1.82, 2.24) is 4.57 Å². The molecule has 8 aromatic rings. The van der Waals surface area contributed by atoms with E-state index in [0.717, 1.165) is 17.2 Å². The number of amidine groups is 1. The highest BCUT2D eigenvalue weighted by molar-refractivity contribution is 6.35. The summed E-state index contributed by atoms with van der Waals surface area (Å²) >= 11 is 0. The Balaban J connectivity index is 1.40. The van der Waals surface area contributed by atoms with Gasteiger partial charge in [0, 0.05) is 27.6 Å². The average Bonchev–Trinajstić information content (AvgIpc) is 3.41. The van der Waals surface area contributed by atoms with Crippen LogP contribution in [0.2, 0.25) is 0 Å². The molecule has 2 aliphatic rings. The summed E-state index contributed by atoms with van der Waals surface area (Å²) in [6, 6.07) is 52.6. The third-order valence-electron chi connectivity index (χ3n) is 10.0. The Morgan fingerprint density at radius 2 is 1.22 bits per heavy atom. The molecule has 46 heavy (non-hydrogen) atoms. The minimum atomic E-state index is -0.0736. The van der Waals surface area contributed by atoms with Crippen LogP contribution in [0.5, 0.6) is 0 Å². The van der Waals surface area contributed by atoms with E-state index in [-0.39, 0.29) is 12.0 Å².